The van der Waals surface area contributed by atoms with E-state index in [2.05, 4.69) is 31.6 Å². The van der Waals surface area contributed by atoms with Crippen LogP contribution in [0.2, 0.25) is 0 Å². The number of rotatable bonds is 5. The molecule has 1 atom stereocenters. The van der Waals surface area contributed by atoms with E-state index in [1.807, 2.05) is 24.3 Å². The van der Waals surface area contributed by atoms with Crippen molar-refractivity contribution in [2.75, 3.05) is 5.43 Å². The van der Waals surface area contributed by atoms with Crippen LogP contribution in [0.25, 0.3) is 0 Å². The summed E-state index contributed by atoms with van der Waals surface area (Å²) in [7, 11) is 0. The van der Waals surface area contributed by atoms with Crippen molar-refractivity contribution >= 4 is 11.6 Å². The zero-order valence-corrected chi connectivity index (χ0v) is 14.1. The molecule has 0 aliphatic rings. The van der Waals surface area contributed by atoms with Crippen LogP contribution in [-0.2, 0) is 10.2 Å². The molecule has 2 rings (SSSR count). The second kappa shape index (κ2) is 7.45. The van der Waals surface area contributed by atoms with Gasteiger partial charge in [0.25, 0.3) is 0 Å². The molecule has 4 nitrogen and oxygen atoms in total. The maximum Gasteiger partial charge on any atom is 0.241 e. The molecule has 0 bridgehead atoms. The lowest BCUT2D eigenvalue weighted by atomic mass is 9.87. The summed E-state index contributed by atoms with van der Waals surface area (Å²) in [4.78, 5) is 11.9. The van der Waals surface area contributed by atoms with Gasteiger partial charge in [0.2, 0.25) is 5.91 Å². The average molecular weight is 330 g/mol. The first kappa shape index (κ1) is 17.9. The zero-order valence-electron chi connectivity index (χ0n) is 14.1. The molecule has 2 aromatic carbocycles. The number of halogens is 1. The van der Waals surface area contributed by atoms with Crippen molar-refractivity contribution in [1.82, 2.24) is 5.43 Å². The quantitative estimate of drug-likeness (QED) is 0.733. The number of hydrogen-bond acceptors (Lipinski definition) is 3. The highest BCUT2D eigenvalue weighted by molar-refractivity contribution is 5.78. The molecule has 24 heavy (non-hydrogen) atoms. The third-order valence-corrected chi connectivity index (χ3v) is 3.71. The van der Waals surface area contributed by atoms with Gasteiger partial charge in [0, 0.05) is 0 Å². The van der Waals surface area contributed by atoms with Crippen LogP contribution in [-0.4, -0.2) is 11.0 Å². The van der Waals surface area contributed by atoms with Gasteiger partial charge in [-0.25, -0.2) is 4.39 Å². The molecule has 0 aliphatic carbocycles. The molecule has 128 valence electrons. The first-order valence-corrected chi connectivity index (χ1v) is 7.84. The van der Waals surface area contributed by atoms with Crippen LogP contribution < -0.4 is 10.9 Å². The Morgan fingerprint density at radius 3 is 2.42 bits per heavy atom. The van der Waals surface area contributed by atoms with Crippen molar-refractivity contribution in [2.45, 2.75) is 38.7 Å². The summed E-state index contributed by atoms with van der Waals surface area (Å²) in [6, 6.07) is 13.3. The number of anilines is 1. The summed E-state index contributed by atoms with van der Waals surface area (Å²) < 4.78 is 13.1. The molecule has 0 saturated carbocycles. The minimum atomic E-state index is -1.05. The van der Waals surface area contributed by atoms with Crippen molar-refractivity contribution in [2.24, 2.45) is 0 Å². The fourth-order valence-electron chi connectivity index (χ4n) is 2.25. The SMILES string of the molecule is CC(C)(C)c1ccc(NNC(=O)CC(O)c2cccc(F)c2)cc1. The highest BCUT2D eigenvalue weighted by atomic mass is 19.1. The Bertz CT molecular complexity index is 693. The fourth-order valence-corrected chi connectivity index (χ4v) is 2.25. The van der Waals surface area contributed by atoms with Crippen molar-refractivity contribution in [3.8, 4) is 0 Å². The number of benzene rings is 2. The molecule has 1 amide bonds. The van der Waals surface area contributed by atoms with Crippen molar-refractivity contribution in [1.29, 1.82) is 0 Å². The van der Waals surface area contributed by atoms with E-state index in [0.717, 1.165) is 5.69 Å². The first-order chi connectivity index (χ1) is 11.3. The number of carbonyl (C=O) groups excluding carboxylic acids is 1. The Morgan fingerprint density at radius 2 is 1.83 bits per heavy atom. The highest BCUT2D eigenvalue weighted by Gasteiger charge is 2.14. The second-order valence-electron chi connectivity index (χ2n) is 6.78. The second-order valence-corrected chi connectivity index (χ2v) is 6.78. The maximum atomic E-state index is 13.1. The standard InChI is InChI=1S/C19H23FN2O2/c1-19(2,3)14-7-9-16(10-8-14)21-22-18(24)12-17(23)13-5-4-6-15(20)11-13/h4-11,17,21,23H,12H2,1-3H3,(H,22,24). The highest BCUT2D eigenvalue weighted by Crippen LogP contribution is 2.23. The predicted octanol–water partition coefficient (Wildman–Crippen LogP) is 3.69. The minimum absolute atomic E-state index is 0.0663. The van der Waals surface area contributed by atoms with E-state index in [1.54, 1.807) is 6.07 Å². The lowest BCUT2D eigenvalue weighted by molar-refractivity contribution is -0.122. The first-order valence-electron chi connectivity index (χ1n) is 7.84. The van der Waals surface area contributed by atoms with Gasteiger partial charge in [-0.2, -0.15) is 0 Å². The van der Waals surface area contributed by atoms with Gasteiger partial charge < -0.3 is 5.11 Å². The van der Waals surface area contributed by atoms with E-state index in [0.29, 0.717) is 5.56 Å². The number of aliphatic hydroxyl groups excluding tert-OH is 1. The molecule has 0 heterocycles. The number of amides is 1. The van der Waals surface area contributed by atoms with E-state index in [4.69, 9.17) is 0 Å². The van der Waals surface area contributed by atoms with Crippen LogP contribution in [0.4, 0.5) is 10.1 Å². The normalized spacial score (nSPS) is 12.5. The molecule has 0 aromatic heterocycles. The van der Waals surface area contributed by atoms with Gasteiger partial charge in [0.1, 0.15) is 5.82 Å². The monoisotopic (exact) mass is 330 g/mol. The van der Waals surface area contributed by atoms with E-state index in [1.165, 1.54) is 23.8 Å². The molecule has 0 spiro atoms. The predicted molar refractivity (Wildman–Crippen MR) is 92.9 cm³/mol. The lowest BCUT2D eigenvalue weighted by Gasteiger charge is -2.19. The van der Waals surface area contributed by atoms with Gasteiger partial charge in [0.15, 0.2) is 0 Å². The van der Waals surface area contributed by atoms with E-state index in [9.17, 15) is 14.3 Å². The Labute approximate surface area is 141 Å². The number of hydrogen-bond donors (Lipinski definition) is 3. The van der Waals surface area contributed by atoms with Gasteiger partial charge in [-0.15, -0.1) is 0 Å². The Morgan fingerprint density at radius 1 is 1.17 bits per heavy atom. The topological polar surface area (TPSA) is 61.4 Å². The van der Waals surface area contributed by atoms with Crippen molar-refractivity contribution in [3.05, 3.63) is 65.5 Å². The number of carbonyl (C=O) groups is 1. The van der Waals surface area contributed by atoms with Crippen molar-refractivity contribution < 1.29 is 14.3 Å². The van der Waals surface area contributed by atoms with Crippen molar-refractivity contribution in [3.63, 3.8) is 0 Å². The third kappa shape index (κ3) is 5.06. The summed E-state index contributed by atoms with van der Waals surface area (Å²) in [6.45, 7) is 6.39. The summed E-state index contributed by atoms with van der Waals surface area (Å²) in [5, 5.41) is 9.98. The smallest absolute Gasteiger partial charge is 0.241 e. The Kier molecular flexibility index (Phi) is 5.57. The molecule has 5 heteroatoms. The van der Waals surface area contributed by atoms with Crippen LogP contribution in [0.1, 0.15) is 44.4 Å². The van der Waals surface area contributed by atoms with E-state index >= 15 is 0 Å². The molecule has 0 aliphatic heterocycles. The zero-order chi connectivity index (χ0) is 17.7. The fraction of sp³-hybridized carbons (Fsp3) is 0.316. The van der Waals surface area contributed by atoms with E-state index in [-0.39, 0.29) is 17.7 Å². The number of aliphatic hydroxyl groups is 1. The molecule has 3 N–H and O–H groups in total. The van der Waals surface area contributed by atoms with Gasteiger partial charge in [0.05, 0.1) is 18.2 Å². The number of nitrogens with one attached hydrogen (secondary N) is 2. The number of hydrazine groups is 1. The lowest BCUT2D eigenvalue weighted by Crippen LogP contribution is -2.30. The Balaban J connectivity index is 1.87. The largest absolute Gasteiger partial charge is 0.388 e. The van der Waals surface area contributed by atoms with Gasteiger partial charge >= 0.3 is 0 Å². The van der Waals surface area contributed by atoms with Gasteiger partial charge in [-0.05, 0) is 40.8 Å². The molecule has 0 fully saturated rings. The molecular weight excluding hydrogens is 307 g/mol. The molecule has 1 unspecified atom stereocenters. The Hall–Kier alpha value is -2.40. The van der Waals surface area contributed by atoms with Crippen LogP contribution >= 0.6 is 0 Å². The van der Waals surface area contributed by atoms with Crippen LogP contribution in [0, 0.1) is 5.82 Å². The molecule has 0 saturated heterocycles. The van der Waals surface area contributed by atoms with Crippen LogP contribution in [0.3, 0.4) is 0 Å². The molecule has 0 radical (unpaired) electrons. The van der Waals surface area contributed by atoms with Gasteiger partial charge in [-0.3, -0.25) is 15.6 Å². The van der Waals surface area contributed by atoms with Crippen LogP contribution in [0.5, 0.6) is 0 Å². The third-order valence-electron chi connectivity index (χ3n) is 3.71. The molecular formula is C19H23FN2O2. The van der Waals surface area contributed by atoms with Crippen LogP contribution in [0.15, 0.2) is 48.5 Å². The van der Waals surface area contributed by atoms with Gasteiger partial charge in [-0.1, -0.05) is 45.0 Å². The summed E-state index contributed by atoms with van der Waals surface area (Å²) in [6.07, 6.45) is -1.21. The summed E-state index contributed by atoms with van der Waals surface area (Å²) in [5.41, 5.74) is 7.72. The average Bonchev–Trinajstić information content (AvgIpc) is 2.52. The molecule has 2 aromatic rings. The minimum Gasteiger partial charge on any atom is -0.388 e. The summed E-state index contributed by atoms with van der Waals surface area (Å²) >= 11 is 0. The maximum absolute atomic E-state index is 13.1. The summed E-state index contributed by atoms with van der Waals surface area (Å²) in [5.74, 6) is -0.823. The van der Waals surface area contributed by atoms with E-state index < -0.39 is 11.9 Å².